The van der Waals surface area contributed by atoms with Crippen LogP contribution in [0.4, 0.5) is 11.4 Å². The molecule has 0 saturated heterocycles. The molecule has 1 rings (SSSR count). The van der Waals surface area contributed by atoms with E-state index in [1.807, 2.05) is 11.8 Å². The van der Waals surface area contributed by atoms with Gasteiger partial charge < -0.3 is 10.0 Å². The van der Waals surface area contributed by atoms with Crippen molar-refractivity contribution >= 4 is 23.4 Å². The summed E-state index contributed by atoms with van der Waals surface area (Å²) >= 11 is 0. The van der Waals surface area contributed by atoms with Crippen molar-refractivity contribution in [3.05, 3.63) is 40.0 Å². The van der Waals surface area contributed by atoms with E-state index in [4.69, 9.17) is 5.11 Å². The molecule has 6 heteroatoms. The molecular weight excluding hydrogens is 272 g/mol. The Morgan fingerprint density at radius 3 is 2.67 bits per heavy atom. The second-order valence-corrected chi connectivity index (χ2v) is 4.61. The molecule has 0 aliphatic carbocycles. The fourth-order valence-corrected chi connectivity index (χ4v) is 2.02. The number of benzene rings is 1. The number of nitro benzene ring substituents is 1. The van der Waals surface area contributed by atoms with Crippen LogP contribution in [-0.2, 0) is 4.79 Å². The third kappa shape index (κ3) is 4.91. The van der Waals surface area contributed by atoms with E-state index in [0.29, 0.717) is 17.8 Å². The zero-order valence-corrected chi connectivity index (χ0v) is 12.3. The van der Waals surface area contributed by atoms with Gasteiger partial charge >= 0.3 is 5.97 Å². The van der Waals surface area contributed by atoms with Crippen LogP contribution < -0.4 is 4.90 Å². The highest BCUT2D eigenvalue weighted by Crippen LogP contribution is 2.30. The minimum absolute atomic E-state index is 0.000455. The SMILES string of the molecule is CCCCN(CC)c1ccc(/C=C/C(=O)O)cc1[N+](=O)[O-]. The van der Waals surface area contributed by atoms with Crippen LogP contribution in [0.2, 0.25) is 0 Å². The van der Waals surface area contributed by atoms with E-state index in [1.165, 1.54) is 12.1 Å². The lowest BCUT2D eigenvalue weighted by atomic mass is 10.1. The lowest BCUT2D eigenvalue weighted by Crippen LogP contribution is -2.24. The van der Waals surface area contributed by atoms with E-state index in [9.17, 15) is 14.9 Å². The van der Waals surface area contributed by atoms with Crippen LogP contribution in [-0.4, -0.2) is 29.1 Å². The van der Waals surface area contributed by atoms with Gasteiger partial charge in [0.2, 0.25) is 0 Å². The minimum Gasteiger partial charge on any atom is -0.478 e. The van der Waals surface area contributed by atoms with Gasteiger partial charge in [-0.2, -0.15) is 0 Å². The van der Waals surface area contributed by atoms with Crippen molar-refractivity contribution in [1.29, 1.82) is 0 Å². The molecule has 6 nitrogen and oxygen atoms in total. The number of anilines is 1. The molecule has 0 amide bonds. The molecule has 0 radical (unpaired) electrons. The first-order chi connectivity index (χ1) is 9.99. The highest BCUT2D eigenvalue weighted by molar-refractivity contribution is 5.85. The van der Waals surface area contributed by atoms with Gasteiger partial charge in [0, 0.05) is 25.2 Å². The zero-order valence-electron chi connectivity index (χ0n) is 12.3. The van der Waals surface area contributed by atoms with E-state index in [0.717, 1.165) is 25.5 Å². The van der Waals surface area contributed by atoms with Crippen molar-refractivity contribution in [2.24, 2.45) is 0 Å². The van der Waals surface area contributed by atoms with E-state index < -0.39 is 10.9 Å². The number of carboxylic acid groups (broad SMARTS) is 1. The van der Waals surface area contributed by atoms with Crippen LogP contribution in [0.5, 0.6) is 0 Å². The molecule has 1 aromatic rings. The van der Waals surface area contributed by atoms with E-state index in [1.54, 1.807) is 12.1 Å². The van der Waals surface area contributed by atoms with Crippen LogP contribution in [0, 0.1) is 10.1 Å². The molecule has 0 unspecified atom stereocenters. The van der Waals surface area contributed by atoms with Gasteiger partial charge in [0.25, 0.3) is 5.69 Å². The molecule has 0 atom stereocenters. The maximum Gasteiger partial charge on any atom is 0.328 e. The first kappa shape index (κ1) is 16.7. The molecule has 0 aliphatic rings. The van der Waals surface area contributed by atoms with Gasteiger partial charge in [0.05, 0.1) is 4.92 Å². The molecule has 1 aromatic carbocycles. The van der Waals surface area contributed by atoms with Crippen LogP contribution in [0.1, 0.15) is 32.3 Å². The van der Waals surface area contributed by atoms with Gasteiger partial charge in [-0.05, 0) is 31.1 Å². The van der Waals surface area contributed by atoms with Gasteiger partial charge in [0.1, 0.15) is 5.69 Å². The number of carboxylic acids is 1. The number of hydrogen-bond donors (Lipinski definition) is 1. The van der Waals surface area contributed by atoms with E-state index in [2.05, 4.69) is 6.92 Å². The highest BCUT2D eigenvalue weighted by atomic mass is 16.6. The average molecular weight is 292 g/mol. The fourth-order valence-electron chi connectivity index (χ4n) is 2.02. The maximum absolute atomic E-state index is 11.2. The Labute approximate surface area is 123 Å². The number of unbranched alkanes of at least 4 members (excludes halogenated alkanes) is 1. The normalized spacial score (nSPS) is 10.8. The van der Waals surface area contributed by atoms with Crippen molar-refractivity contribution in [2.45, 2.75) is 26.7 Å². The van der Waals surface area contributed by atoms with Crippen LogP contribution >= 0.6 is 0 Å². The predicted octanol–water partition coefficient (Wildman–Crippen LogP) is 3.32. The van der Waals surface area contributed by atoms with Gasteiger partial charge in [-0.15, -0.1) is 0 Å². The summed E-state index contributed by atoms with van der Waals surface area (Å²) in [7, 11) is 0. The molecule has 0 aliphatic heterocycles. The first-order valence-electron chi connectivity index (χ1n) is 6.94. The van der Waals surface area contributed by atoms with Crippen molar-refractivity contribution < 1.29 is 14.8 Å². The third-order valence-electron chi connectivity index (χ3n) is 3.12. The Balaban J connectivity index is 3.14. The summed E-state index contributed by atoms with van der Waals surface area (Å²) in [5, 5.41) is 19.8. The predicted molar refractivity (Wildman–Crippen MR) is 82.6 cm³/mol. The Morgan fingerprint density at radius 1 is 1.43 bits per heavy atom. The molecule has 0 fully saturated rings. The minimum atomic E-state index is -1.08. The summed E-state index contributed by atoms with van der Waals surface area (Å²) in [6.07, 6.45) is 4.30. The zero-order chi connectivity index (χ0) is 15.8. The molecular formula is C15H20N2O4. The Hall–Kier alpha value is -2.37. The van der Waals surface area contributed by atoms with Crippen LogP contribution in [0.25, 0.3) is 6.08 Å². The number of hydrogen-bond acceptors (Lipinski definition) is 4. The van der Waals surface area contributed by atoms with Gasteiger partial charge in [-0.1, -0.05) is 19.4 Å². The summed E-state index contributed by atoms with van der Waals surface area (Å²) in [5.74, 6) is -1.08. The van der Waals surface area contributed by atoms with E-state index in [-0.39, 0.29) is 5.69 Å². The highest BCUT2D eigenvalue weighted by Gasteiger charge is 2.18. The van der Waals surface area contributed by atoms with Crippen molar-refractivity contribution in [2.75, 3.05) is 18.0 Å². The summed E-state index contributed by atoms with van der Waals surface area (Å²) in [6.45, 7) is 5.48. The average Bonchev–Trinajstić information content (AvgIpc) is 2.46. The van der Waals surface area contributed by atoms with Gasteiger partial charge in [0.15, 0.2) is 0 Å². The molecule has 0 aromatic heterocycles. The summed E-state index contributed by atoms with van der Waals surface area (Å²) < 4.78 is 0. The monoisotopic (exact) mass is 292 g/mol. The molecule has 0 heterocycles. The molecule has 21 heavy (non-hydrogen) atoms. The van der Waals surface area contributed by atoms with Crippen LogP contribution in [0.3, 0.4) is 0 Å². The summed E-state index contributed by atoms with van der Waals surface area (Å²) in [4.78, 5) is 23.3. The fraction of sp³-hybridized carbons (Fsp3) is 0.400. The smallest absolute Gasteiger partial charge is 0.328 e. The summed E-state index contributed by atoms with van der Waals surface area (Å²) in [6, 6.07) is 4.78. The first-order valence-corrected chi connectivity index (χ1v) is 6.94. The Bertz CT molecular complexity index is 540. The van der Waals surface area contributed by atoms with Gasteiger partial charge in [-0.3, -0.25) is 10.1 Å². The molecule has 0 bridgehead atoms. The van der Waals surface area contributed by atoms with Gasteiger partial charge in [-0.25, -0.2) is 4.79 Å². The molecule has 0 saturated carbocycles. The topological polar surface area (TPSA) is 83.7 Å². The Kier molecular flexibility index (Phi) is 6.39. The van der Waals surface area contributed by atoms with E-state index >= 15 is 0 Å². The molecule has 114 valence electrons. The second-order valence-electron chi connectivity index (χ2n) is 4.61. The third-order valence-corrected chi connectivity index (χ3v) is 3.12. The number of nitrogens with zero attached hydrogens (tertiary/aromatic N) is 2. The lowest BCUT2D eigenvalue weighted by molar-refractivity contribution is -0.384. The molecule has 0 spiro atoms. The van der Waals surface area contributed by atoms with Crippen molar-refractivity contribution in [3.8, 4) is 0 Å². The molecule has 1 N–H and O–H groups in total. The number of carbonyl (C=O) groups is 1. The van der Waals surface area contributed by atoms with Crippen LogP contribution in [0.15, 0.2) is 24.3 Å². The largest absolute Gasteiger partial charge is 0.478 e. The second kappa shape index (κ2) is 8.04. The lowest BCUT2D eigenvalue weighted by Gasteiger charge is -2.22. The van der Waals surface area contributed by atoms with Crippen molar-refractivity contribution in [1.82, 2.24) is 0 Å². The number of rotatable bonds is 8. The standard InChI is InChI=1S/C15H20N2O4/c1-3-5-10-16(4-2)13-8-6-12(7-9-15(18)19)11-14(13)17(20)21/h6-9,11H,3-5,10H2,1-2H3,(H,18,19)/b9-7+. The number of aliphatic carboxylic acids is 1. The quantitative estimate of drug-likeness (QED) is 0.451. The Morgan fingerprint density at radius 2 is 2.14 bits per heavy atom. The van der Waals surface area contributed by atoms with Crippen molar-refractivity contribution in [3.63, 3.8) is 0 Å². The summed E-state index contributed by atoms with van der Waals surface area (Å²) in [5.41, 5.74) is 1.07. The number of nitro groups is 1. The maximum atomic E-state index is 11.2.